The van der Waals surface area contributed by atoms with Crippen LogP contribution < -0.4 is 10.6 Å². The summed E-state index contributed by atoms with van der Waals surface area (Å²) in [6, 6.07) is 13.1. The van der Waals surface area contributed by atoms with Crippen LogP contribution in [0.5, 0.6) is 0 Å². The summed E-state index contributed by atoms with van der Waals surface area (Å²) in [5.41, 5.74) is 3.07. The van der Waals surface area contributed by atoms with Gasteiger partial charge in [-0.3, -0.25) is 14.8 Å². The Morgan fingerprint density at radius 1 is 1.00 bits per heavy atom. The van der Waals surface area contributed by atoms with E-state index in [4.69, 9.17) is 0 Å². The van der Waals surface area contributed by atoms with E-state index in [1.165, 1.54) is 0 Å². The lowest BCUT2D eigenvalue weighted by Crippen LogP contribution is -2.12. The van der Waals surface area contributed by atoms with Crippen LogP contribution in [0, 0.1) is 0 Å². The van der Waals surface area contributed by atoms with E-state index in [1.807, 2.05) is 36.4 Å². The van der Waals surface area contributed by atoms with Gasteiger partial charge in [0, 0.05) is 41.5 Å². The molecule has 0 aliphatic heterocycles. The summed E-state index contributed by atoms with van der Waals surface area (Å²) in [6.07, 6.45) is 6.76. The van der Waals surface area contributed by atoms with E-state index < -0.39 is 0 Å². The maximum Gasteiger partial charge on any atom is 0.257 e. The van der Waals surface area contributed by atoms with Gasteiger partial charge in [0.05, 0.1) is 11.3 Å². The molecule has 0 radical (unpaired) electrons. The summed E-state index contributed by atoms with van der Waals surface area (Å²) in [5, 5.41) is 6.09. The minimum atomic E-state index is -0.199. The molecule has 3 rings (SSSR count). The Bertz CT molecular complexity index is 822. The number of amides is 1. The van der Waals surface area contributed by atoms with Crippen LogP contribution in [0.4, 0.5) is 11.4 Å². The molecule has 0 aliphatic carbocycles. The number of nitrogens with one attached hydrogen (secondary N) is 2. The van der Waals surface area contributed by atoms with Crippen LogP contribution in [-0.2, 0) is 6.54 Å². The number of hydrogen-bond acceptors (Lipinski definition) is 4. The number of aromatic nitrogens is 2. The van der Waals surface area contributed by atoms with E-state index in [0.717, 1.165) is 21.4 Å². The smallest absolute Gasteiger partial charge is 0.257 e. The van der Waals surface area contributed by atoms with Crippen molar-refractivity contribution in [3.8, 4) is 0 Å². The van der Waals surface area contributed by atoms with Gasteiger partial charge in [-0.15, -0.1) is 0 Å². The Kier molecular flexibility index (Phi) is 5.18. The number of rotatable bonds is 5. The number of pyridine rings is 2. The first-order chi connectivity index (χ1) is 11.7. The first-order valence-corrected chi connectivity index (χ1v) is 8.15. The molecule has 0 saturated heterocycles. The first kappa shape index (κ1) is 16.1. The maximum absolute atomic E-state index is 12.3. The largest absolute Gasteiger partial charge is 0.380 e. The normalized spacial score (nSPS) is 10.2. The fourth-order valence-electron chi connectivity index (χ4n) is 2.10. The monoisotopic (exact) mass is 382 g/mol. The molecule has 2 N–H and O–H groups in total. The summed E-state index contributed by atoms with van der Waals surface area (Å²) in [5.74, 6) is -0.199. The highest BCUT2D eigenvalue weighted by Crippen LogP contribution is 2.16. The van der Waals surface area contributed by atoms with Crippen molar-refractivity contribution in [2.24, 2.45) is 0 Å². The number of hydrogen-bond donors (Lipinski definition) is 2. The Balaban J connectivity index is 1.65. The molecule has 5 nitrogen and oxygen atoms in total. The van der Waals surface area contributed by atoms with Crippen LogP contribution >= 0.6 is 15.9 Å². The quantitative estimate of drug-likeness (QED) is 0.696. The number of carbonyl (C=O) groups excluding carboxylic acids is 1. The van der Waals surface area contributed by atoms with Crippen molar-refractivity contribution in [3.63, 3.8) is 0 Å². The zero-order chi connectivity index (χ0) is 16.8. The van der Waals surface area contributed by atoms with E-state index in [-0.39, 0.29) is 5.91 Å². The van der Waals surface area contributed by atoms with E-state index in [1.54, 1.807) is 30.9 Å². The summed E-state index contributed by atoms with van der Waals surface area (Å²) >= 11 is 3.37. The average Bonchev–Trinajstić information content (AvgIpc) is 2.63. The zero-order valence-electron chi connectivity index (χ0n) is 12.7. The van der Waals surface area contributed by atoms with Gasteiger partial charge in [-0.1, -0.05) is 22.0 Å². The molecule has 0 saturated carbocycles. The van der Waals surface area contributed by atoms with Crippen LogP contribution in [0.3, 0.4) is 0 Å². The molecule has 120 valence electrons. The summed E-state index contributed by atoms with van der Waals surface area (Å²) in [7, 11) is 0. The van der Waals surface area contributed by atoms with Gasteiger partial charge in [0.25, 0.3) is 5.91 Å². The van der Waals surface area contributed by atoms with Gasteiger partial charge in [-0.25, -0.2) is 0 Å². The molecule has 2 aromatic heterocycles. The second kappa shape index (κ2) is 7.70. The molecule has 0 unspecified atom stereocenters. The number of nitrogens with zero attached hydrogens (tertiary/aromatic N) is 2. The Hall–Kier alpha value is -2.73. The predicted molar refractivity (Wildman–Crippen MR) is 97.9 cm³/mol. The Morgan fingerprint density at radius 2 is 1.83 bits per heavy atom. The van der Waals surface area contributed by atoms with Crippen LogP contribution in [0.15, 0.2) is 71.7 Å². The summed E-state index contributed by atoms with van der Waals surface area (Å²) in [6.45, 7) is 0.618. The third-order valence-electron chi connectivity index (χ3n) is 3.32. The molecule has 1 amide bonds. The van der Waals surface area contributed by atoms with Crippen LogP contribution in [0.1, 0.15) is 15.9 Å². The van der Waals surface area contributed by atoms with Gasteiger partial charge in [0.15, 0.2) is 0 Å². The minimum absolute atomic E-state index is 0.199. The maximum atomic E-state index is 12.3. The molecule has 3 aromatic rings. The topological polar surface area (TPSA) is 66.9 Å². The highest BCUT2D eigenvalue weighted by Gasteiger charge is 2.07. The zero-order valence-corrected chi connectivity index (χ0v) is 14.3. The molecule has 0 spiro atoms. The predicted octanol–water partition coefficient (Wildman–Crippen LogP) is 4.10. The van der Waals surface area contributed by atoms with Gasteiger partial charge in [-0.2, -0.15) is 0 Å². The summed E-state index contributed by atoms with van der Waals surface area (Å²) in [4.78, 5) is 20.5. The Morgan fingerprint density at radius 3 is 2.58 bits per heavy atom. The van der Waals surface area contributed by atoms with Crippen molar-refractivity contribution >= 4 is 33.2 Å². The molecule has 0 atom stereocenters. The van der Waals surface area contributed by atoms with Crippen molar-refractivity contribution in [2.75, 3.05) is 10.6 Å². The van der Waals surface area contributed by atoms with Crippen LogP contribution in [-0.4, -0.2) is 15.9 Å². The highest BCUT2D eigenvalue weighted by molar-refractivity contribution is 9.10. The third-order valence-corrected chi connectivity index (χ3v) is 3.85. The summed E-state index contributed by atoms with van der Waals surface area (Å²) < 4.78 is 0.962. The van der Waals surface area contributed by atoms with Crippen molar-refractivity contribution in [2.45, 2.75) is 6.54 Å². The van der Waals surface area contributed by atoms with Crippen molar-refractivity contribution < 1.29 is 4.79 Å². The molecule has 24 heavy (non-hydrogen) atoms. The number of halogens is 1. The van der Waals surface area contributed by atoms with E-state index in [2.05, 4.69) is 36.5 Å². The molecule has 0 fully saturated rings. The van der Waals surface area contributed by atoms with Gasteiger partial charge in [0.2, 0.25) is 0 Å². The lowest BCUT2D eigenvalue weighted by Gasteiger charge is -2.09. The lowest BCUT2D eigenvalue weighted by molar-refractivity contribution is 0.102. The standard InChI is InChI=1S/C18H15BrN4O/c19-15-3-5-16(6-4-15)23-18(24)14-8-17(12-21-11-14)22-10-13-2-1-7-20-9-13/h1-9,11-12,22H,10H2,(H,23,24). The number of anilines is 2. The van der Waals surface area contributed by atoms with E-state index in [9.17, 15) is 4.79 Å². The number of benzene rings is 1. The van der Waals surface area contributed by atoms with Crippen molar-refractivity contribution in [1.82, 2.24) is 9.97 Å². The minimum Gasteiger partial charge on any atom is -0.380 e. The van der Waals surface area contributed by atoms with Gasteiger partial charge in [-0.05, 0) is 42.0 Å². The second-order valence-corrected chi connectivity index (χ2v) is 6.05. The molecule has 0 bridgehead atoms. The second-order valence-electron chi connectivity index (χ2n) is 5.14. The SMILES string of the molecule is O=C(Nc1ccc(Br)cc1)c1cncc(NCc2cccnc2)c1. The lowest BCUT2D eigenvalue weighted by atomic mass is 10.2. The molecule has 2 heterocycles. The van der Waals surface area contributed by atoms with Crippen molar-refractivity contribution in [3.05, 3.63) is 82.9 Å². The first-order valence-electron chi connectivity index (χ1n) is 7.35. The molecule has 6 heteroatoms. The molecule has 0 aliphatic rings. The van der Waals surface area contributed by atoms with Crippen LogP contribution in [0.2, 0.25) is 0 Å². The van der Waals surface area contributed by atoms with E-state index >= 15 is 0 Å². The molecule has 1 aromatic carbocycles. The Labute approximate surface area is 148 Å². The highest BCUT2D eigenvalue weighted by atomic mass is 79.9. The fourth-order valence-corrected chi connectivity index (χ4v) is 2.37. The van der Waals surface area contributed by atoms with Crippen LogP contribution in [0.25, 0.3) is 0 Å². The third kappa shape index (κ3) is 4.39. The fraction of sp³-hybridized carbons (Fsp3) is 0.0556. The molecular weight excluding hydrogens is 368 g/mol. The van der Waals surface area contributed by atoms with Gasteiger partial charge in [0.1, 0.15) is 0 Å². The molecular formula is C18H15BrN4O. The number of carbonyl (C=O) groups is 1. The van der Waals surface area contributed by atoms with E-state index in [0.29, 0.717) is 12.1 Å². The van der Waals surface area contributed by atoms with Gasteiger partial charge < -0.3 is 10.6 Å². The average molecular weight is 383 g/mol. The van der Waals surface area contributed by atoms with Gasteiger partial charge >= 0.3 is 0 Å². The van der Waals surface area contributed by atoms with Crippen molar-refractivity contribution in [1.29, 1.82) is 0 Å².